The van der Waals surface area contributed by atoms with E-state index in [4.69, 9.17) is 4.98 Å². The number of hydrogen-bond donors (Lipinski definition) is 0. The number of nitrogens with zero attached hydrogens (tertiary/aromatic N) is 8. The minimum atomic E-state index is -3.40. The summed E-state index contributed by atoms with van der Waals surface area (Å²) in [6, 6.07) is 3.91. The van der Waals surface area contributed by atoms with Gasteiger partial charge in [-0.3, -0.25) is 4.79 Å². The molecule has 2 aromatic rings. The lowest BCUT2D eigenvalue weighted by molar-refractivity contribution is -0.137. The third-order valence-corrected chi connectivity index (χ3v) is 11.5. The van der Waals surface area contributed by atoms with Gasteiger partial charge in [0.2, 0.25) is 5.91 Å². The van der Waals surface area contributed by atoms with Crippen LogP contribution >= 0.6 is 0 Å². The predicted molar refractivity (Wildman–Crippen MR) is 146 cm³/mol. The zero-order chi connectivity index (χ0) is 27.9. The standard InChI is InChI=1S/C27H34N8O3S/c1-16-13-34(25(36)27(5)8-9-39(27,37)38)17(2)12-33(16)23-22-24(30-15-29-23)35(14-26(22,3)4)21-10-19(18-6-7-18)20(11-28)31-32-21/h10,15-18H,6-9,12-14H2,1-5H3/t16-,17+,27-/m0/s1. The highest BCUT2D eigenvalue weighted by atomic mass is 32.2. The minimum Gasteiger partial charge on any atom is -0.350 e. The number of nitriles is 1. The molecule has 6 rings (SSSR count). The number of fused-ring (bicyclic) bond motifs is 1. The van der Waals surface area contributed by atoms with Crippen molar-refractivity contribution < 1.29 is 13.2 Å². The van der Waals surface area contributed by atoms with E-state index in [0.717, 1.165) is 35.6 Å². The summed E-state index contributed by atoms with van der Waals surface area (Å²) in [7, 11) is -3.40. The van der Waals surface area contributed by atoms with Crippen LogP contribution < -0.4 is 9.80 Å². The van der Waals surface area contributed by atoms with Crippen molar-refractivity contribution in [3.05, 3.63) is 29.2 Å². The Morgan fingerprint density at radius 1 is 1.08 bits per heavy atom. The summed E-state index contributed by atoms with van der Waals surface area (Å²) >= 11 is 0. The molecule has 3 atom stereocenters. The first-order valence-electron chi connectivity index (χ1n) is 13.6. The molecule has 0 radical (unpaired) electrons. The van der Waals surface area contributed by atoms with Crippen molar-refractivity contribution >= 4 is 33.2 Å². The SMILES string of the molecule is C[C@@H]1CN(c2ncnc3c2C(C)(C)CN3c2cc(C3CC3)c(C#N)nn2)[C@@H](C)CN1C(=O)[C@]1(C)CCS1(=O)=O. The van der Waals surface area contributed by atoms with Crippen LogP contribution in [0.4, 0.5) is 17.5 Å². The van der Waals surface area contributed by atoms with E-state index < -0.39 is 14.6 Å². The summed E-state index contributed by atoms with van der Waals surface area (Å²) in [6.07, 6.45) is 4.06. The van der Waals surface area contributed by atoms with Gasteiger partial charge in [0.25, 0.3) is 0 Å². The zero-order valence-corrected chi connectivity index (χ0v) is 23.9. The maximum atomic E-state index is 13.4. The number of carbonyl (C=O) groups excluding carboxylic acids is 1. The van der Waals surface area contributed by atoms with E-state index in [-0.39, 0.29) is 29.2 Å². The van der Waals surface area contributed by atoms with Crippen LogP contribution in [-0.2, 0) is 20.0 Å². The van der Waals surface area contributed by atoms with Crippen LogP contribution in [0.2, 0.25) is 0 Å². The van der Waals surface area contributed by atoms with Crippen molar-refractivity contribution in [2.45, 2.75) is 82.0 Å². The lowest BCUT2D eigenvalue weighted by atomic mass is 9.87. The van der Waals surface area contributed by atoms with E-state index >= 15 is 0 Å². The molecular weight excluding hydrogens is 516 g/mol. The molecule has 1 aliphatic carbocycles. The molecular formula is C27H34N8O3S. The Bertz CT molecular complexity index is 1520. The summed E-state index contributed by atoms with van der Waals surface area (Å²) < 4.78 is 23.6. The fraction of sp³-hybridized carbons (Fsp3) is 0.630. The van der Waals surface area contributed by atoms with Gasteiger partial charge >= 0.3 is 0 Å². The second-order valence-electron chi connectivity index (χ2n) is 12.4. The highest BCUT2D eigenvalue weighted by molar-refractivity contribution is 7.95. The number of carbonyl (C=O) groups is 1. The van der Waals surface area contributed by atoms with Gasteiger partial charge in [0.05, 0.1) is 5.75 Å². The highest BCUT2D eigenvalue weighted by Gasteiger charge is 2.57. The fourth-order valence-corrected chi connectivity index (χ4v) is 7.81. The van der Waals surface area contributed by atoms with Crippen LogP contribution in [0.5, 0.6) is 0 Å². The number of rotatable bonds is 4. The van der Waals surface area contributed by atoms with E-state index in [1.54, 1.807) is 18.2 Å². The molecule has 3 fully saturated rings. The van der Waals surface area contributed by atoms with E-state index in [0.29, 0.717) is 43.5 Å². The Balaban J connectivity index is 1.32. The summed E-state index contributed by atoms with van der Waals surface area (Å²) in [5.41, 5.74) is 2.05. The Morgan fingerprint density at radius 2 is 1.79 bits per heavy atom. The van der Waals surface area contributed by atoms with Crippen LogP contribution in [-0.4, -0.2) is 81.6 Å². The topological polar surface area (TPSA) is 136 Å². The smallest absolute Gasteiger partial charge is 0.244 e. The minimum absolute atomic E-state index is 0.0726. The normalized spacial score (nSPS) is 29.0. The van der Waals surface area contributed by atoms with Gasteiger partial charge in [-0.2, -0.15) is 5.26 Å². The molecule has 0 N–H and O–H groups in total. The molecule has 2 aromatic heterocycles. The second kappa shape index (κ2) is 8.58. The number of aromatic nitrogens is 4. The van der Waals surface area contributed by atoms with Crippen molar-refractivity contribution in [2.24, 2.45) is 0 Å². The summed E-state index contributed by atoms with van der Waals surface area (Å²) in [5.74, 6) is 2.42. The van der Waals surface area contributed by atoms with Gasteiger partial charge in [-0.1, -0.05) is 13.8 Å². The van der Waals surface area contributed by atoms with Crippen LogP contribution in [0.25, 0.3) is 0 Å². The molecule has 3 aliphatic heterocycles. The largest absolute Gasteiger partial charge is 0.350 e. The van der Waals surface area contributed by atoms with E-state index in [2.05, 4.69) is 44.9 Å². The van der Waals surface area contributed by atoms with E-state index in [1.807, 2.05) is 19.9 Å². The van der Waals surface area contributed by atoms with Crippen molar-refractivity contribution in [3.63, 3.8) is 0 Å². The first kappa shape index (κ1) is 25.9. The predicted octanol–water partition coefficient (Wildman–Crippen LogP) is 2.45. The number of piperazine rings is 1. The fourth-order valence-electron chi connectivity index (χ4n) is 6.28. The molecule has 206 valence electrons. The molecule has 11 nitrogen and oxygen atoms in total. The quantitative estimate of drug-likeness (QED) is 0.558. The highest BCUT2D eigenvalue weighted by Crippen LogP contribution is 2.48. The molecule has 1 saturated carbocycles. The van der Waals surface area contributed by atoms with Crippen LogP contribution in [0.15, 0.2) is 12.4 Å². The molecule has 0 aromatic carbocycles. The number of amides is 1. The maximum absolute atomic E-state index is 13.4. The van der Waals surface area contributed by atoms with E-state index in [9.17, 15) is 18.5 Å². The molecule has 5 heterocycles. The van der Waals surface area contributed by atoms with Crippen molar-refractivity contribution in [1.82, 2.24) is 25.1 Å². The molecule has 2 saturated heterocycles. The average Bonchev–Trinajstić information content (AvgIpc) is 3.72. The Kier molecular flexibility index (Phi) is 5.70. The molecule has 12 heteroatoms. The number of sulfone groups is 1. The van der Waals surface area contributed by atoms with Crippen LogP contribution in [0.3, 0.4) is 0 Å². The molecule has 39 heavy (non-hydrogen) atoms. The molecule has 0 spiro atoms. The summed E-state index contributed by atoms with van der Waals surface area (Å²) in [5, 5.41) is 18.2. The number of hydrogen-bond acceptors (Lipinski definition) is 10. The lowest BCUT2D eigenvalue weighted by Crippen LogP contribution is -2.66. The first-order valence-corrected chi connectivity index (χ1v) is 15.2. The number of anilines is 3. The van der Waals surface area contributed by atoms with Crippen LogP contribution in [0, 0.1) is 11.3 Å². The Hall–Kier alpha value is -3.33. The Labute approximate surface area is 229 Å². The van der Waals surface area contributed by atoms with Gasteiger partial charge in [0, 0.05) is 42.7 Å². The third-order valence-electron chi connectivity index (χ3n) is 9.01. The molecule has 4 aliphatic rings. The van der Waals surface area contributed by atoms with Gasteiger partial charge in [0.1, 0.15) is 28.8 Å². The van der Waals surface area contributed by atoms with Gasteiger partial charge < -0.3 is 14.7 Å². The monoisotopic (exact) mass is 550 g/mol. The average molecular weight is 551 g/mol. The Morgan fingerprint density at radius 3 is 2.41 bits per heavy atom. The van der Waals surface area contributed by atoms with Crippen LogP contribution in [0.1, 0.15) is 76.6 Å². The van der Waals surface area contributed by atoms with Crippen molar-refractivity contribution in [2.75, 3.05) is 35.2 Å². The van der Waals surface area contributed by atoms with Crippen molar-refractivity contribution in [1.29, 1.82) is 5.26 Å². The second-order valence-corrected chi connectivity index (χ2v) is 14.9. The van der Waals surface area contributed by atoms with E-state index in [1.165, 1.54) is 0 Å². The summed E-state index contributed by atoms with van der Waals surface area (Å²) in [4.78, 5) is 28.8. The van der Waals surface area contributed by atoms with Crippen molar-refractivity contribution in [3.8, 4) is 6.07 Å². The zero-order valence-electron chi connectivity index (χ0n) is 23.0. The van der Waals surface area contributed by atoms with Gasteiger partial charge in [-0.05, 0) is 57.6 Å². The lowest BCUT2D eigenvalue weighted by Gasteiger charge is -2.49. The maximum Gasteiger partial charge on any atom is 0.244 e. The molecule has 0 bridgehead atoms. The summed E-state index contributed by atoms with van der Waals surface area (Å²) in [6.45, 7) is 11.5. The molecule has 1 amide bonds. The van der Waals surface area contributed by atoms with Gasteiger partial charge in [0.15, 0.2) is 21.3 Å². The first-order chi connectivity index (χ1) is 18.4. The van der Waals surface area contributed by atoms with Gasteiger partial charge in [-0.15, -0.1) is 10.2 Å². The molecule has 0 unspecified atom stereocenters. The van der Waals surface area contributed by atoms with Gasteiger partial charge in [-0.25, -0.2) is 18.4 Å². The third kappa shape index (κ3) is 3.88.